The van der Waals surface area contributed by atoms with Crippen molar-refractivity contribution in [1.82, 2.24) is 10.2 Å². The van der Waals surface area contributed by atoms with Gasteiger partial charge in [0, 0.05) is 5.56 Å². The van der Waals surface area contributed by atoms with Crippen LogP contribution in [0.4, 0.5) is 4.79 Å². The second kappa shape index (κ2) is 7.84. The van der Waals surface area contributed by atoms with Crippen molar-refractivity contribution in [3.05, 3.63) is 35.4 Å². The van der Waals surface area contributed by atoms with Gasteiger partial charge in [0.1, 0.15) is 38.3 Å². The summed E-state index contributed by atoms with van der Waals surface area (Å²) in [5.41, 5.74) is 2.07. The SMILES string of the molecule is Cc1cccc(C[NH+]2CC[NH+](CN3C(=O)N[C@]4(CCCC[C@H]4C)C3=O)CC2)c1. The summed E-state index contributed by atoms with van der Waals surface area (Å²) in [6.45, 7) is 9.97. The molecule has 3 aliphatic rings. The molecule has 4 rings (SSSR count). The first-order chi connectivity index (χ1) is 13.5. The molecule has 152 valence electrons. The number of aryl methyl sites for hydroxylation is 1. The number of hydrogen-bond donors (Lipinski definition) is 3. The van der Waals surface area contributed by atoms with Crippen LogP contribution in [0.2, 0.25) is 0 Å². The Morgan fingerprint density at radius 1 is 1.14 bits per heavy atom. The largest absolute Gasteiger partial charge is 0.329 e. The molecular weight excluding hydrogens is 352 g/mol. The van der Waals surface area contributed by atoms with Crippen molar-refractivity contribution in [2.24, 2.45) is 5.92 Å². The number of hydrogen-bond acceptors (Lipinski definition) is 2. The van der Waals surface area contributed by atoms with Crippen molar-refractivity contribution >= 4 is 11.9 Å². The molecule has 0 bridgehead atoms. The molecule has 3 amide bonds. The molecule has 6 heteroatoms. The third kappa shape index (κ3) is 3.67. The molecule has 1 aliphatic carbocycles. The minimum Gasteiger partial charge on any atom is -0.323 e. The Bertz CT molecular complexity index is 744. The molecule has 2 heterocycles. The van der Waals surface area contributed by atoms with E-state index in [0.29, 0.717) is 6.67 Å². The van der Waals surface area contributed by atoms with E-state index in [1.807, 2.05) is 0 Å². The van der Waals surface area contributed by atoms with Crippen molar-refractivity contribution in [3.63, 3.8) is 0 Å². The fraction of sp³-hybridized carbons (Fsp3) is 0.636. The first-order valence-corrected chi connectivity index (χ1v) is 10.8. The number of carbonyl (C=O) groups is 2. The number of nitrogens with zero attached hydrogens (tertiary/aromatic N) is 1. The van der Waals surface area contributed by atoms with Crippen LogP contribution in [0, 0.1) is 12.8 Å². The van der Waals surface area contributed by atoms with Gasteiger partial charge < -0.3 is 15.1 Å². The van der Waals surface area contributed by atoms with Gasteiger partial charge in [0.15, 0.2) is 6.67 Å². The Hall–Kier alpha value is -1.92. The van der Waals surface area contributed by atoms with Gasteiger partial charge in [-0.25, -0.2) is 9.69 Å². The van der Waals surface area contributed by atoms with E-state index in [2.05, 4.69) is 43.4 Å². The molecule has 3 N–H and O–H groups in total. The molecule has 1 aromatic rings. The van der Waals surface area contributed by atoms with E-state index in [1.54, 1.807) is 4.90 Å². The van der Waals surface area contributed by atoms with Crippen LogP contribution in [-0.2, 0) is 11.3 Å². The quantitative estimate of drug-likeness (QED) is 0.625. The molecule has 0 radical (unpaired) electrons. The van der Waals surface area contributed by atoms with Gasteiger partial charge in [0.05, 0.1) is 0 Å². The van der Waals surface area contributed by atoms with E-state index >= 15 is 0 Å². The summed E-state index contributed by atoms with van der Waals surface area (Å²) in [5.74, 6) is 0.250. The van der Waals surface area contributed by atoms with E-state index in [4.69, 9.17) is 0 Å². The summed E-state index contributed by atoms with van der Waals surface area (Å²) in [6.07, 6.45) is 3.99. The summed E-state index contributed by atoms with van der Waals surface area (Å²) < 4.78 is 0. The standard InChI is InChI=1S/C22H32N4O2/c1-17-6-5-8-19(14-17)15-24-10-12-25(13-11-24)16-26-20(27)22(23-21(26)28)9-4-3-7-18(22)2/h5-6,8,14,18H,3-4,7,9-13,15-16H2,1-2H3,(H,23,28)/p+2/t18-,22+/m1/s1. The third-order valence-corrected chi connectivity index (χ3v) is 7.08. The zero-order chi connectivity index (χ0) is 19.7. The zero-order valence-corrected chi connectivity index (χ0v) is 17.2. The minimum absolute atomic E-state index is 0.0201. The van der Waals surface area contributed by atoms with Crippen LogP contribution >= 0.6 is 0 Å². The summed E-state index contributed by atoms with van der Waals surface area (Å²) in [5, 5.41) is 3.07. The summed E-state index contributed by atoms with van der Waals surface area (Å²) >= 11 is 0. The van der Waals surface area contributed by atoms with Gasteiger partial charge in [-0.2, -0.15) is 0 Å². The van der Waals surface area contributed by atoms with Crippen LogP contribution in [0.1, 0.15) is 43.7 Å². The molecule has 1 aromatic carbocycles. The number of amides is 3. The number of urea groups is 1. The number of rotatable bonds is 4. The van der Waals surface area contributed by atoms with E-state index in [-0.39, 0.29) is 17.9 Å². The molecule has 2 atom stereocenters. The van der Waals surface area contributed by atoms with Crippen LogP contribution < -0.4 is 15.1 Å². The average molecular weight is 387 g/mol. The molecular formula is C22H34N4O2+2. The number of carbonyl (C=O) groups excluding carboxylic acids is 2. The van der Waals surface area contributed by atoms with Crippen LogP contribution in [0.15, 0.2) is 24.3 Å². The van der Waals surface area contributed by atoms with Crippen LogP contribution in [0.25, 0.3) is 0 Å². The van der Waals surface area contributed by atoms with Crippen molar-refractivity contribution in [3.8, 4) is 0 Å². The van der Waals surface area contributed by atoms with Crippen molar-refractivity contribution in [2.75, 3.05) is 32.8 Å². The van der Waals surface area contributed by atoms with Gasteiger partial charge in [-0.15, -0.1) is 0 Å². The highest BCUT2D eigenvalue weighted by Gasteiger charge is 2.55. The zero-order valence-electron chi connectivity index (χ0n) is 17.2. The van der Waals surface area contributed by atoms with Crippen molar-refractivity contribution in [2.45, 2.75) is 51.6 Å². The van der Waals surface area contributed by atoms with Crippen molar-refractivity contribution in [1.29, 1.82) is 0 Å². The van der Waals surface area contributed by atoms with Gasteiger partial charge in [0.2, 0.25) is 0 Å². The monoisotopic (exact) mass is 386 g/mol. The molecule has 0 aromatic heterocycles. The highest BCUT2D eigenvalue weighted by Crippen LogP contribution is 2.37. The maximum atomic E-state index is 13.1. The normalized spacial score (nSPS) is 33.4. The molecule has 0 unspecified atom stereocenters. The maximum Gasteiger partial charge on any atom is 0.329 e. The lowest BCUT2D eigenvalue weighted by Gasteiger charge is -2.37. The summed E-state index contributed by atoms with van der Waals surface area (Å²) in [7, 11) is 0. The van der Waals surface area contributed by atoms with E-state index < -0.39 is 5.54 Å². The molecule has 2 saturated heterocycles. The van der Waals surface area contributed by atoms with Gasteiger partial charge in [-0.1, -0.05) is 49.6 Å². The lowest BCUT2D eigenvalue weighted by atomic mass is 9.73. The number of nitrogens with one attached hydrogen (secondary N) is 3. The Kier molecular flexibility index (Phi) is 5.43. The number of quaternary nitrogens is 2. The van der Waals surface area contributed by atoms with E-state index in [1.165, 1.54) is 20.9 Å². The lowest BCUT2D eigenvalue weighted by molar-refractivity contribution is -1.02. The first kappa shape index (κ1) is 19.4. The Balaban J connectivity index is 1.32. The maximum absolute atomic E-state index is 13.1. The number of piperazine rings is 1. The second-order valence-electron chi connectivity index (χ2n) is 9.11. The topological polar surface area (TPSA) is 58.3 Å². The highest BCUT2D eigenvalue weighted by atomic mass is 16.2. The fourth-order valence-corrected chi connectivity index (χ4v) is 5.27. The van der Waals surface area contributed by atoms with Gasteiger partial charge in [-0.3, -0.25) is 4.79 Å². The number of benzene rings is 1. The fourth-order valence-electron chi connectivity index (χ4n) is 5.27. The number of imide groups is 1. The van der Waals surface area contributed by atoms with Crippen LogP contribution in [-0.4, -0.2) is 55.2 Å². The Labute approximate surface area is 167 Å². The van der Waals surface area contributed by atoms with Gasteiger partial charge in [0.25, 0.3) is 5.91 Å². The van der Waals surface area contributed by atoms with Crippen LogP contribution in [0.3, 0.4) is 0 Å². The lowest BCUT2D eigenvalue weighted by Crippen LogP contribution is -3.28. The molecule has 2 aliphatic heterocycles. The Morgan fingerprint density at radius 2 is 1.89 bits per heavy atom. The third-order valence-electron chi connectivity index (χ3n) is 7.08. The molecule has 1 spiro atoms. The smallest absolute Gasteiger partial charge is 0.323 e. The predicted molar refractivity (Wildman–Crippen MR) is 107 cm³/mol. The minimum atomic E-state index is -0.632. The highest BCUT2D eigenvalue weighted by molar-refractivity contribution is 6.07. The molecule has 1 saturated carbocycles. The van der Waals surface area contributed by atoms with Gasteiger partial charge in [-0.05, 0) is 25.7 Å². The molecule has 28 heavy (non-hydrogen) atoms. The predicted octanol–water partition coefficient (Wildman–Crippen LogP) is -0.263. The van der Waals surface area contributed by atoms with E-state index in [9.17, 15) is 9.59 Å². The summed E-state index contributed by atoms with van der Waals surface area (Å²) in [6, 6.07) is 8.56. The average Bonchev–Trinajstić information content (AvgIpc) is 2.91. The second-order valence-corrected chi connectivity index (χ2v) is 9.11. The molecule has 3 fully saturated rings. The van der Waals surface area contributed by atoms with Gasteiger partial charge >= 0.3 is 6.03 Å². The van der Waals surface area contributed by atoms with Crippen LogP contribution in [0.5, 0.6) is 0 Å². The molecule has 6 nitrogen and oxygen atoms in total. The van der Waals surface area contributed by atoms with Crippen molar-refractivity contribution < 1.29 is 19.4 Å². The summed E-state index contributed by atoms with van der Waals surface area (Å²) in [4.78, 5) is 30.2. The Morgan fingerprint density at radius 3 is 2.61 bits per heavy atom. The first-order valence-electron chi connectivity index (χ1n) is 10.8. The van der Waals surface area contributed by atoms with E-state index in [0.717, 1.165) is 58.4 Å².